The number of aryl methyl sites for hydroxylation is 1. The monoisotopic (exact) mass is 358 g/mol. The lowest BCUT2D eigenvalue weighted by Gasteiger charge is -2.12. The molecule has 0 bridgehead atoms. The number of esters is 1. The molecule has 0 unspecified atom stereocenters. The van der Waals surface area contributed by atoms with Gasteiger partial charge < -0.3 is 10.1 Å². The molecule has 1 heterocycles. The van der Waals surface area contributed by atoms with E-state index in [1.165, 1.54) is 31.4 Å². The minimum atomic E-state index is -0.735. The lowest BCUT2D eigenvalue weighted by Crippen LogP contribution is -2.28. The molecular formula is C17H15FN4O4. The maximum Gasteiger partial charge on any atom is 0.334 e. The SMILES string of the molecule is COC(=O)CONC(=O)c1ccc(C#N)nc1Nc1ccc(C)cc1F. The van der Waals surface area contributed by atoms with Crippen LogP contribution < -0.4 is 10.8 Å². The van der Waals surface area contributed by atoms with E-state index in [9.17, 15) is 14.0 Å². The molecular weight excluding hydrogens is 343 g/mol. The van der Waals surface area contributed by atoms with Gasteiger partial charge in [0.25, 0.3) is 5.91 Å². The van der Waals surface area contributed by atoms with E-state index in [-0.39, 0.29) is 22.8 Å². The predicted octanol–water partition coefficient (Wildman–Crippen LogP) is 1.98. The normalized spacial score (nSPS) is 9.92. The summed E-state index contributed by atoms with van der Waals surface area (Å²) in [5.41, 5.74) is 2.89. The first-order chi connectivity index (χ1) is 12.4. The van der Waals surface area contributed by atoms with Gasteiger partial charge in [-0.15, -0.1) is 0 Å². The van der Waals surface area contributed by atoms with E-state index < -0.39 is 24.3 Å². The van der Waals surface area contributed by atoms with Crippen molar-refractivity contribution in [2.45, 2.75) is 6.92 Å². The molecule has 0 aliphatic carbocycles. The van der Waals surface area contributed by atoms with Gasteiger partial charge in [0.05, 0.1) is 18.4 Å². The van der Waals surface area contributed by atoms with Gasteiger partial charge in [0.15, 0.2) is 6.61 Å². The predicted molar refractivity (Wildman–Crippen MR) is 88.8 cm³/mol. The molecule has 0 saturated heterocycles. The van der Waals surface area contributed by atoms with Gasteiger partial charge in [0, 0.05) is 0 Å². The summed E-state index contributed by atoms with van der Waals surface area (Å²) in [4.78, 5) is 31.9. The summed E-state index contributed by atoms with van der Waals surface area (Å²) in [7, 11) is 1.18. The van der Waals surface area contributed by atoms with Crippen molar-refractivity contribution in [1.29, 1.82) is 5.26 Å². The maximum absolute atomic E-state index is 14.0. The Hall–Kier alpha value is -3.51. The first-order valence-corrected chi connectivity index (χ1v) is 7.38. The summed E-state index contributed by atoms with van der Waals surface area (Å²) in [5.74, 6) is -1.99. The van der Waals surface area contributed by atoms with Crippen molar-refractivity contribution in [3.8, 4) is 6.07 Å². The number of hydroxylamine groups is 1. The van der Waals surface area contributed by atoms with Gasteiger partial charge >= 0.3 is 5.97 Å². The van der Waals surface area contributed by atoms with Crippen molar-refractivity contribution in [3.05, 3.63) is 53.0 Å². The van der Waals surface area contributed by atoms with Crippen LogP contribution in [0, 0.1) is 24.1 Å². The zero-order chi connectivity index (χ0) is 19.1. The molecule has 0 aliphatic rings. The average molecular weight is 358 g/mol. The maximum atomic E-state index is 14.0. The van der Waals surface area contributed by atoms with E-state index in [1.807, 2.05) is 6.07 Å². The zero-order valence-electron chi connectivity index (χ0n) is 14.0. The molecule has 9 heteroatoms. The van der Waals surface area contributed by atoms with Crippen LogP contribution in [-0.2, 0) is 14.4 Å². The number of hydrogen-bond acceptors (Lipinski definition) is 7. The Kier molecular flexibility index (Phi) is 6.19. The Bertz CT molecular complexity index is 880. The highest BCUT2D eigenvalue weighted by atomic mass is 19.1. The van der Waals surface area contributed by atoms with Gasteiger partial charge in [-0.1, -0.05) is 6.07 Å². The van der Waals surface area contributed by atoms with Gasteiger partial charge in [-0.3, -0.25) is 9.63 Å². The van der Waals surface area contributed by atoms with Crippen LogP contribution in [0.3, 0.4) is 0 Å². The third kappa shape index (κ3) is 4.75. The molecule has 0 saturated carbocycles. The molecule has 1 aromatic carbocycles. The number of halogens is 1. The minimum absolute atomic E-state index is 0.00570. The van der Waals surface area contributed by atoms with Crippen molar-refractivity contribution in [1.82, 2.24) is 10.5 Å². The fraction of sp³-hybridized carbons (Fsp3) is 0.176. The fourth-order valence-electron chi connectivity index (χ4n) is 1.92. The summed E-state index contributed by atoms with van der Waals surface area (Å²) in [6.07, 6.45) is 0. The Morgan fingerprint density at radius 3 is 2.73 bits per heavy atom. The number of nitrogens with zero attached hydrogens (tertiary/aromatic N) is 2. The van der Waals surface area contributed by atoms with E-state index >= 15 is 0 Å². The van der Waals surface area contributed by atoms with Gasteiger partial charge in [-0.25, -0.2) is 19.6 Å². The van der Waals surface area contributed by atoms with E-state index in [1.54, 1.807) is 13.0 Å². The summed E-state index contributed by atoms with van der Waals surface area (Å²) in [6, 6.07) is 8.98. The van der Waals surface area contributed by atoms with Crippen LogP contribution in [0.2, 0.25) is 0 Å². The first-order valence-electron chi connectivity index (χ1n) is 7.38. The number of anilines is 2. The second-order valence-electron chi connectivity index (χ2n) is 5.11. The van der Waals surface area contributed by atoms with Crippen molar-refractivity contribution >= 4 is 23.4 Å². The van der Waals surface area contributed by atoms with Crippen LogP contribution in [0.4, 0.5) is 15.9 Å². The molecule has 0 atom stereocenters. The minimum Gasteiger partial charge on any atom is -0.467 e. The van der Waals surface area contributed by atoms with Crippen LogP contribution in [0.15, 0.2) is 30.3 Å². The first kappa shape index (κ1) is 18.8. The number of pyridine rings is 1. The van der Waals surface area contributed by atoms with Crippen LogP contribution >= 0.6 is 0 Å². The van der Waals surface area contributed by atoms with Crippen LogP contribution in [-0.4, -0.2) is 30.6 Å². The largest absolute Gasteiger partial charge is 0.467 e. The van der Waals surface area contributed by atoms with E-state index in [0.29, 0.717) is 0 Å². The summed E-state index contributed by atoms with van der Waals surface area (Å²) < 4.78 is 18.4. The van der Waals surface area contributed by atoms with E-state index in [2.05, 4.69) is 20.5 Å². The molecule has 8 nitrogen and oxygen atoms in total. The Labute approximate surface area is 148 Å². The second-order valence-corrected chi connectivity index (χ2v) is 5.11. The standard InChI is InChI=1S/C17H15FN4O4/c1-10-3-6-14(13(18)7-10)21-16-12(5-4-11(8-19)20-16)17(24)22-26-9-15(23)25-2/h3-7H,9H2,1-2H3,(H,20,21)(H,22,24). The molecule has 1 amide bonds. The van der Waals surface area contributed by atoms with Crippen LogP contribution in [0.25, 0.3) is 0 Å². The molecule has 2 N–H and O–H groups in total. The second kappa shape index (κ2) is 8.55. The summed E-state index contributed by atoms with van der Waals surface area (Å²) >= 11 is 0. The number of nitrogens with one attached hydrogen (secondary N) is 2. The summed E-state index contributed by atoms with van der Waals surface area (Å²) in [6.45, 7) is 1.25. The lowest BCUT2D eigenvalue weighted by atomic mass is 10.2. The number of amides is 1. The van der Waals surface area contributed by atoms with Crippen molar-refractivity contribution in [3.63, 3.8) is 0 Å². The van der Waals surface area contributed by atoms with Crippen LogP contribution in [0.5, 0.6) is 0 Å². The quantitative estimate of drug-likeness (QED) is 0.599. The molecule has 0 aliphatic heterocycles. The molecule has 0 spiro atoms. The van der Waals surface area contributed by atoms with Gasteiger partial charge in [-0.05, 0) is 36.8 Å². The van der Waals surface area contributed by atoms with E-state index in [4.69, 9.17) is 10.1 Å². The van der Waals surface area contributed by atoms with E-state index in [0.717, 1.165) is 5.56 Å². The molecule has 2 rings (SSSR count). The highest BCUT2D eigenvalue weighted by molar-refractivity contribution is 5.99. The number of ether oxygens (including phenoxy) is 1. The van der Waals surface area contributed by atoms with Crippen molar-refractivity contribution in [2.24, 2.45) is 0 Å². The van der Waals surface area contributed by atoms with Crippen molar-refractivity contribution < 1.29 is 23.6 Å². The third-order valence-electron chi connectivity index (χ3n) is 3.21. The number of methoxy groups -OCH3 is 1. The number of rotatable bonds is 6. The highest BCUT2D eigenvalue weighted by Crippen LogP contribution is 2.23. The fourth-order valence-corrected chi connectivity index (χ4v) is 1.92. The number of carbonyl (C=O) groups is 2. The van der Waals surface area contributed by atoms with Gasteiger partial charge in [0.1, 0.15) is 23.4 Å². The molecule has 26 heavy (non-hydrogen) atoms. The van der Waals surface area contributed by atoms with Crippen LogP contribution in [0.1, 0.15) is 21.6 Å². The molecule has 2 aromatic rings. The number of benzene rings is 1. The number of carbonyl (C=O) groups excluding carboxylic acids is 2. The highest BCUT2D eigenvalue weighted by Gasteiger charge is 2.16. The van der Waals surface area contributed by atoms with Gasteiger partial charge in [-0.2, -0.15) is 5.26 Å². The average Bonchev–Trinajstić information content (AvgIpc) is 2.63. The van der Waals surface area contributed by atoms with Gasteiger partial charge in [0.2, 0.25) is 0 Å². The zero-order valence-corrected chi connectivity index (χ0v) is 14.0. The lowest BCUT2D eigenvalue weighted by molar-refractivity contribution is -0.147. The van der Waals surface area contributed by atoms with Crippen molar-refractivity contribution in [2.75, 3.05) is 19.0 Å². The molecule has 134 valence electrons. The summed E-state index contributed by atoms with van der Waals surface area (Å²) in [5, 5.41) is 11.7. The molecule has 1 aromatic heterocycles. The molecule has 0 fully saturated rings. The third-order valence-corrected chi connectivity index (χ3v) is 3.21. The topological polar surface area (TPSA) is 113 Å². The number of aromatic nitrogens is 1. The number of hydrogen-bond donors (Lipinski definition) is 2. The number of nitriles is 1. The Balaban J connectivity index is 2.25. The smallest absolute Gasteiger partial charge is 0.334 e. The molecule has 0 radical (unpaired) electrons. The Morgan fingerprint density at radius 1 is 1.31 bits per heavy atom. The Morgan fingerprint density at radius 2 is 2.08 bits per heavy atom.